The molecule has 1 aliphatic heterocycles. The van der Waals surface area contributed by atoms with E-state index < -0.39 is 0 Å². The second-order valence-electron chi connectivity index (χ2n) is 6.20. The van der Waals surface area contributed by atoms with Crippen LogP contribution < -0.4 is 20.3 Å². The largest absolute Gasteiger partial charge is 0.486 e. The molecule has 2 aromatic carbocycles. The molecule has 0 radical (unpaired) electrons. The van der Waals surface area contributed by atoms with E-state index in [1.54, 1.807) is 12.1 Å². The highest BCUT2D eigenvalue weighted by Gasteiger charge is 2.17. The topological polar surface area (TPSA) is 80.4 Å². The van der Waals surface area contributed by atoms with Gasteiger partial charge in [-0.2, -0.15) is 0 Å². The standard InChI is InChI=1S/C20H17ClN2O4/c21-15-9-12(10-17-19(15)27-8-7-26-17)5-6-22-20(25)14-11-18(24)23-16-4-2-1-3-13(14)16/h1-4,9-11H,5-8H2,(H,22,25)(H,23,24). The Morgan fingerprint density at radius 3 is 2.85 bits per heavy atom. The van der Waals surface area contributed by atoms with Gasteiger partial charge in [-0.3, -0.25) is 9.59 Å². The Bertz CT molecular complexity index is 1080. The molecule has 1 aromatic heterocycles. The van der Waals surface area contributed by atoms with Crippen LogP contribution in [0.25, 0.3) is 10.9 Å². The molecule has 1 aliphatic rings. The lowest BCUT2D eigenvalue weighted by Crippen LogP contribution is -2.27. The number of nitrogens with one attached hydrogen (secondary N) is 2. The number of fused-ring (bicyclic) bond motifs is 2. The van der Waals surface area contributed by atoms with Gasteiger partial charge < -0.3 is 19.8 Å². The monoisotopic (exact) mass is 384 g/mol. The van der Waals surface area contributed by atoms with Crippen molar-refractivity contribution in [2.45, 2.75) is 6.42 Å². The molecule has 0 saturated carbocycles. The zero-order valence-corrected chi connectivity index (χ0v) is 15.1. The number of amides is 1. The molecule has 0 aliphatic carbocycles. The minimum atomic E-state index is -0.308. The zero-order valence-electron chi connectivity index (χ0n) is 14.4. The third kappa shape index (κ3) is 3.61. The summed E-state index contributed by atoms with van der Waals surface area (Å²) < 4.78 is 11.1. The van der Waals surface area contributed by atoms with Crippen LogP contribution in [0.1, 0.15) is 15.9 Å². The van der Waals surface area contributed by atoms with Crippen LogP contribution in [0.2, 0.25) is 5.02 Å². The fraction of sp³-hybridized carbons (Fsp3) is 0.200. The van der Waals surface area contributed by atoms with Crippen LogP contribution in [-0.4, -0.2) is 30.6 Å². The normalized spacial score (nSPS) is 12.8. The first kappa shape index (κ1) is 17.4. The summed E-state index contributed by atoms with van der Waals surface area (Å²) in [6.07, 6.45) is 0.573. The molecule has 0 saturated heterocycles. The van der Waals surface area contributed by atoms with E-state index in [1.807, 2.05) is 24.3 Å². The first-order valence-electron chi connectivity index (χ1n) is 8.60. The van der Waals surface area contributed by atoms with E-state index in [9.17, 15) is 9.59 Å². The van der Waals surface area contributed by atoms with Crippen molar-refractivity contribution in [2.24, 2.45) is 0 Å². The predicted molar refractivity (Wildman–Crippen MR) is 103 cm³/mol. The number of benzene rings is 2. The number of aromatic nitrogens is 1. The van der Waals surface area contributed by atoms with E-state index >= 15 is 0 Å². The lowest BCUT2D eigenvalue weighted by Gasteiger charge is -2.20. The van der Waals surface area contributed by atoms with Crippen LogP contribution in [0.5, 0.6) is 11.5 Å². The van der Waals surface area contributed by atoms with Gasteiger partial charge in [0, 0.05) is 23.5 Å². The number of para-hydroxylation sites is 1. The molecule has 1 amide bonds. The maximum absolute atomic E-state index is 12.6. The number of aromatic amines is 1. The second-order valence-corrected chi connectivity index (χ2v) is 6.61. The Morgan fingerprint density at radius 1 is 1.15 bits per heavy atom. The Kier molecular flexibility index (Phi) is 4.73. The molecular weight excluding hydrogens is 368 g/mol. The van der Waals surface area contributed by atoms with E-state index in [1.165, 1.54) is 6.07 Å². The molecular formula is C20H17ClN2O4. The summed E-state index contributed by atoms with van der Waals surface area (Å²) in [5.74, 6) is 0.891. The quantitative estimate of drug-likeness (QED) is 0.724. The van der Waals surface area contributed by atoms with Gasteiger partial charge in [0.2, 0.25) is 5.56 Å². The summed E-state index contributed by atoms with van der Waals surface area (Å²) in [5.41, 5.74) is 1.61. The number of rotatable bonds is 4. The van der Waals surface area contributed by atoms with Gasteiger partial charge in [0.05, 0.1) is 10.6 Å². The van der Waals surface area contributed by atoms with Crippen LogP contribution in [0.4, 0.5) is 0 Å². The fourth-order valence-corrected chi connectivity index (χ4v) is 3.40. The molecule has 3 aromatic rings. The lowest BCUT2D eigenvalue weighted by molar-refractivity contribution is 0.0955. The third-order valence-electron chi connectivity index (χ3n) is 4.35. The Morgan fingerprint density at radius 2 is 1.96 bits per heavy atom. The molecule has 0 unspecified atom stereocenters. The summed E-state index contributed by atoms with van der Waals surface area (Å²) in [6, 6.07) is 12.2. The molecule has 0 spiro atoms. The van der Waals surface area contributed by atoms with E-state index in [2.05, 4.69) is 10.3 Å². The molecule has 6 nitrogen and oxygen atoms in total. The summed E-state index contributed by atoms with van der Waals surface area (Å²) >= 11 is 6.24. The van der Waals surface area contributed by atoms with Gasteiger partial charge in [-0.25, -0.2) is 0 Å². The molecule has 7 heteroatoms. The molecule has 0 bridgehead atoms. The van der Waals surface area contributed by atoms with Gasteiger partial charge in [-0.1, -0.05) is 29.8 Å². The smallest absolute Gasteiger partial charge is 0.252 e. The van der Waals surface area contributed by atoms with Crippen molar-refractivity contribution in [3.05, 3.63) is 69.0 Å². The predicted octanol–water partition coefficient (Wildman–Crippen LogP) is 2.93. The van der Waals surface area contributed by atoms with Crippen molar-refractivity contribution in [2.75, 3.05) is 19.8 Å². The maximum atomic E-state index is 12.6. The van der Waals surface area contributed by atoms with Gasteiger partial charge in [0.15, 0.2) is 11.5 Å². The van der Waals surface area contributed by atoms with Crippen molar-refractivity contribution in [3.63, 3.8) is 0 Å². The molecule has 27 heavy (non-hydrogen) atoms. The number of ether oxygens (including phenoxy) is 2. The van der Waals surface area contributed by atoms with Crippen molar-refractivity contribution in [1.82, 2.24) is 10.3 Å². The number of H-pyrrole nitrogens is 1. The Balaban J connectivity index is 1.48. The number of hydrogen-bond donors (Lipinski definition) is 2. The zero-order chi connectivity index (χ0) is 18.8. The van der Waals surface area contributed by atoms with Crippen molar-refractivity contribution in [1.29, 1.82) is 0 Å². The fourth-order valence-electron chi connectivity index (χ4n) is 3.12. The van der Waals surface area contributed by atoms with Crippen LogP contribution >= 0.6 is 11.6 Å². The van der Waals surface area contributed by atoms with Gasteiger partial charge in [0.1, 0.15) is 13.2 Å². The second kappa shape index (κ2) is 7.32. The third-order valence-corrected chi connectivity index (χ3v) is 4.63. The van der Waals surface area contributed by atoms with Crippen LogP contribution in [0, 0.1) is 0 Å². The molecule has 138 valence electrons. The van der Waals surface area contributed by atoms with Gasteiger partial charge in [0.25, 0.3) is 5.91 Å². The van der Waals surface area contributed by atoms with E-state index in [0.717, 1.165) is 5.56 Å². The molecule has 4 rings (SSSR count). The highest BCUT2D eigenvalue weighted by atomic mass is 35.5. The number of pyridine rings is 1. The van der Waals surface area contributed by atoms with Crippen LogP contribution in [-0.2, 0) is 6.42 Å². The SMILES string of the molecule is O=C(NCCc1cc(Cl)c2c(c1)OCCO2)c1cc(=O)[nH]c2ccccc12. The maximum Gasteiger partial charge on any atom is 0.252 e. The molecule has 0 fully saturated rings. The highest BCUT2D eigenvalue weighted by Crippen LogP contribution is 2.38. The van der Waals surface area contributed by atoms with Gasteiger partial charge in [-0.15, -0.1) is 0 Å². The first-order chi connectivity index (χ1) is 13.1. The highest BCUT2D eigenvalue weighted by molar-refractivity contribution is 6.32. The molecule has 2 N–H and O–H groups in total. The minimum Gasteiger partial charge on any atom is -0.486 e. The van der Waals surface area contributed by atoms with E-state index in [-0.39, 0.29) is 11.5 Å². The average Bonchev–Trinajstić information content (AvgIpc) is 2.67. The van der Waals surface area contributed by atoms with Crippen molar-refractivity contribution in [3.8, 4) is 11.5 Å². The van der Waals surface area contributed by atoms with E-state index in [0.29, 0.717) is 59.2 Å². The summed E-state index contributed by atoms with van der Waals surface area (Å²) in [5, 5.41) is 4.06. The Hall–Kier alpha value is -2.99. The minimum absolute atomic E-state index is 0.291. The number of hydrogen-bond acceptors (Lipinski definition) is 4. The van der Waals surface area contributed by atoms with E-state index in [4.69, 9.17) is 21.1 Å². The number of carbonyl (C=O) groups is 1. The first-order valence-corrected chi connectivity index (χ1v) is 8.98. The van der Waals surface area contributed by atoms with Crippen molar-refractivity contribution < 1.29 is 14.3 Å². The van der Waals surface area contributed by atoms with Gasteiger partial charge >= 0.3 is 0 Å². The lowest BCUT2D eigenvalue weighted by atomic mass is 10.1. The summed E-state index contributed by atoms with van der Waals surface area (Å²) in [4.78, 5) is 27.1. The van der Waals surface area contributed by atoms with Crippen molar-refractivity contribution >= 4 is 28.4 Å². The molecule has 2 heterocycles. The summed E-state index contributed by atoms with van der Waals surface area (Å²) in [7, 11) is 0. The average molecular weight is 385 g/mol. The van der Waals surface area contributed by atoms with Gasteiger partial charge in [-0.05, 0) is 30.2 Å². The summed E-state index contributed by atoms with van der Waals surface area (Å²) in [6.45, 7) is 1.36. The molecule has 0 atom stereocenters. The van der Waals surface area contributed by atoms with Crippen LogP contribution in [0.15, 0.2) is 47.3 Å². The Labute approximate surface area is 160 Å². The number of carbonyl (C=O) groups excluding carboxylic acids is 1. The number of halogens is 1. The van der Waals surface area contributed by atoms with Crippen LogP contribution in [0.3, 0.4) is 0 Å².